The summed E-state index contributed by atoms with van der Waals surface area (Å²) < 4.78 is 5.21. The molecular weight excluding hydrogens is 166 g/mol. The fraction of sp³-hybridized carbons (Fsp3) is 0.556. The van der Waals surface area contributed by atoms with Gasteiger partial charge in [0.1, 0.15) is 11.6 Å². The first-order chi connectivity index (χ1) is 6.27. The molecule has 0 fully saturated rings. The van der Waals surface area contributed by atoms with E-state index < -0.39 is 0 Å². The van der Waals surface area contributed by atoms with Gasteiger partial charge in [-0.2, -0.15) is 0 Å². The van der Waals surface area contributed by atoms with E-state index in [9.17, 15) is 0 Å². The van der Waals surface area contributed by atoms with Crippen LogP contribution in [0.15, 0.2) is 6.20 Å². The molecule has 0 saturated heterocycles. The minimum Gasteiger partial charge on any atom is -0.383 e. The topological polar surface area (TPSA) is 61.0 Å². The van der Waals surface area contributed by atoms with E-state index in [-0.39, 0.29) is 0 Å². The van der Waals surface area contributed by atoms with Gasteiger partial charge in [-0.1, -0.05) is 6.92 Å². The number of anilines is 1. The minimum atomic E-state index is 0.492. The summed E-state index contributed by atoms with van der Waals surface area (Å²) in [6.45, 7) is 5.11. The van der Waals surface area contributed by atoms with Crippen LogP contribution >= 0.6 is 0 Å². The first kappa shape index (κ1) is 9.92. The lowest BCUT2D eigenvalue weighted by Gasteiger charge is -2.05. The third kappa shape index (κ3) is 2.66. The highest BCUT2D eigenvalue weighted by Crippen LogP contribution is 2.08. The predicted molar refractivity (Wildman–Crippen MR) is 51.2 cm³/mol. The summed E-state index contributed by atoms with van der Waals surface area (Å²) in [5, 5.41) is 0. The number of aromatic nitrogens is 2. The molecule has 4 heteroatoms. The Morgan fingerprint density at radius 3 is 2.77 bits per heavy atom. The lowest BCUT2D eigenvalue weighted by Crippen LogP contribution is -2.04. The third-order valence-corrected chi connectivity index (χ3v) is 1.73. The number of nitrogens with two attached hydrogens (primary N) is 1. The van der Waals surface area contributed by atoms with Crippen molar-refractivity contribution in [2.45, 2.75) is 26.9 Å². The summed E-state index contributed by atoms with van der Waals surface area (Å²) in [7, 11) is 0. The Bertz CT molecular complexity index is 276. The zero-order chi connectivity index (χ0) is 9.68. The van der Waals surface area contributed by atoms with Crippen LogP contribution in [-0.4, -0.2) is 16.6 Å². The molecule has 72 valence electrons. The molecule has 0 aliphatic rings. The van der Waals surface area contributed by atoms with Crippen molar-refractivity contribution in [2.24, 2.45) is 0 Å². The van der Waals surface area contributed by atoms with Crippen molar-refractivity contribution in [3.63, 3.8) is 0 Å². The van der Waals surface area contributed by atoms with Crippen LogP contribution in [0.5, 0.6) is 0 Å². The van der Waals surface area contributed by atoms with Crippen LogP contribution < -0.4 is 5.73 Å². The van der Waals surface area contributed by atoms with E-state index in [0.717, 1.165) is 17.8 Å². The van der Waals surface area contributed by atoms with Crippen molar-refractivity contribution >= 4 is 5.82 Å². The van der Waals surface area contributed by atoms with E-state index in [2.05, 4.69) is 9.97 Å². The quantitative estimate of drug-likeness (QED) is 0.757. The average molecular weight is 181 g/mol. The molecule has 1 heterocycles. The number of hydrogen-bond acceptors (Lipinski definition) is 4. The number of aryl methyl sites for hydroxylation is 1. The first-order valence-corrected chi connectivity index (χ1v) is 4.46. The maximum Gasteiger partial charge on any atom is 0.132 e. The smallest absolute Gasteiger partial charge is 0.132 e. The van der Waals surface area contributed by atoms with Crippen LogP contribution in [0.2, 0.25) is 0 Å². The molecule has 1 aromatic rings. The molecule has 0 atom stereocenters. The van der Waals surface area contributed by atoms with Crippen molar-refractivity contribution in [1.29, 1.82) is 0 Å². The van der Waals surface area contributed by atoms with E-state index in [1.165, 1.54) is 0 Å². The second-order valence-electron chi connectivity index (χ2n) is 2.69. The zero-order valence-electron chi connectivity index (χ0n) is 8.08. The predicted octanol–water partition coefficient (Wildman–Crippen LogP) is 1.16. The molecule has 4 nitrogen and oxygen atoms in total. The Morgan fingerprint density at radius 1 is 1.46 bits per heavy atom. The molecule has 0 unspecified atom stereocenters. The van der Waals surface area contributed by atoms with Crippen LogP contribution in [0.4, 0.5) is 5.82 Å². The zero-order valence-corrected chi connectivity index (χ0v) is 8.08. The molecule has 0 spiro atoms. The lowest BCUT2D eigenvalue weighted by atomic mass is 10.3. The average Bonchev–Trinajstić information content (AvgIpc) is 2.16. The van der Waals surface area contributed by atoms with Crippen LogP contribution in [0.25, 0.3) is 0 Å². The Balaban J connectivity index is 2.73. The Hall–Kier alpha value is -1.16. The SMILES string of the molecule is CCOCc1cnc(CC)nc1N. The van der Waals surface area contributed by atoms with Gasteiger partial charge in [-0.15, -0.1) is 0 Å². The highest BCUT2D eigenvalue weighted by molar-refractivity contribution is 5.36. The summed E-state index contributed by atoms with van der Waals surface area (Å²) in [6, 6.07) is 0. The van der Waals surface area contributed by atoms with Gasteiger partial charge in [0.25, 0.3) is 0 Å². The van der Waals surface area contributed by atoms with E-state index in [1.807, 2.05) is 13.8 Å². The van der Waals surface area contributed by atoms with Crippen molar-refractivity contribution in [2.75, 3.05) is 12.3 Å². The lowest BCUT2D eigenvalue weighted by molar-refractivity contribution is 0.134. The van der Waals surface area contributed by atoms with Gasteiger partial charge < -0.3 is 10.5 Å². The molecule has 1 rings (SSSR count). The molecule has 0 saturated carbocycles. The molecule has 0 radical (unpaired) electrons. The molecule has 0 bridgehead atoms. The molecule has 0 aliphatic heterocycles. The molecule has 13 heavy (non-hydrogen) atoms. The van der Waals surface area contributed by atoms with E-state index in [0.29, 0.717) is 19.0 Å². The monoisotopic (exact) mass is 181 g/mol. The number of ether oxygens (including phenoxy) is 1. The Kier molecular flexibility index (Phi) is 3.64. The number of nitrogen functional groups attached to an aromatic ring is 1. The van der Waals surface area contributed by atoms with Gasteiger partial charge in [0, 0.05) is 24.8 Å². The Morgan fingerprint density at radius 2 is 2.23 bits per heavy atom. The van der Waals surface area contributed by atoms with Gasteiger partial charge in [0.15, 0.2) is 0 Å². The molecule has 2 N–H and O–H groups in total. The first-order valence-electron chi connectivity index (χ1n) is 4.46. The van der Waals surface area contributed by atoms with Crippen molar-refractivity contribution in [1.82, 2.24) is 9.97 Å². The molecule has 0 aromatic carbocycles. The number of nitrogens with zero attached hydrogens (tertiary/aromatic N) is 2. The summed E-state index contributed by atoms with van der Waals surface area (Å²) in [6.07, 6.45) is 2.54. The number of hydrogen-bond donors (Lipinski definition) is 1. The van der Waals surface area contributed by atoms with Gasteiger partial charge in [-0.25, -0.2) is 9.97 Å². The van der Waals surface area contributed by atoms with Crippen LogP contribution in [0.1, 0.15) is 25.2 Å². The summed E-state index contributed by atoms with van der Waals surface area (Å²) in [5.74, 6) is 1.30. The molecule has 0 aliphatic carbocycles. The second kappa shape index (κ2) is 4.77. The van der Waals surface area contributed by atoms with Gasteiger partial charge in [-0.3, -0.25) is 0 Å². The van der Waals surface area contributed by atoms with E-state index >= 15 is 0 Å². The maximum atomic E-state index is 5.71. The minimum absolute atomic E-state index is 0.492. The van der Waals surface area contributed by atoms with Gasteiger partial charge in [-0.05, 0) is 6.92 Å². The van der Waals surface area contributed by atoms with Gasteiger partial charge in [0.2, 0.25) is 0 Å². The number of rotatable bonds is 4. The normalized spacial score (nSPS) is 10.3. The highest BCUT2D eigenvalue weighted by Gasteiger charge is 2.02. The van der Waals surface area contributed by atoms with E-state index in [4.69, 9.17) is 10.5 Å². The highest BCUT2D eigenvalue weighted by atomic mass is 16.5. The van der Waals surface area contributed by atoms with E-state index in [1.54, 1.807) is 6.20 Å². The molecule has 0 amide bonds. The van der Waals surface area contributed by atoms with Crippen molar-refractivity contribution in [3.8, 4) is 0 Å². The Labute approximate surface area is 78.1 Å². The largest absolute Gasteiger partial charge is 0.383 e. The second-order valence-corrected chi connectivity index (χ2v) is 2.69. The van der Waals surface area contributed by atoms with Crippen molar-refractivity contribution in [3.05, 3.63) is 17.6 Å². The van der Waals surface area contributed by atoms with Crippen molar-refractivity contribution < 1.29 is 4.74 Å². The maximum absolute atomic E-state index is 5.71. The summed E-state index contributed by atoms with van der Waals surface area (Å²) in [4.78, 5) is 8.27. The third-order valence-electron chi connectivity index (χ3n) is 1.73. The van der Waals surface area contributed by atoms with Crippen LogP contribution in [0, 0.1) is 0 Å². The van der Waals surface area contributed by atoms with Gasteiger partial charge in [0.05, 0.1) is 6.61 Å². The summed E-state index contributed by atoms with van der Waals surface area (Å²) in [5.41, 5.74) is 6.57. The molecule has 1 aromatic heterocycles. The standard InChI is InChI=1S/C9H15N3O/c1-3-8-11-5-7(6-13-4-2)9(10)12-8/h5H,3-4,6H2,1-2H3,(H2,10,11,12). The fourth-order valence-corrected chi connectivity index (χ4v) is 0.952. The summed E-state index contributed by atoms with van der Waals surface area (Å²) >= 11 is 0. The fourth-order valence-electron chi connectivity index (χ4n) is 0.952. The van der Waals surface area contributed by atoms with Gasteiger partial charge >= 0.3 is 0 Å². The van der Waals surface area contributed by atoms with Crippen LogP contribution in [0.3, 0.4) is 0 Å². The molecular formula is C9H15N3O. The van der Waals surface area contributed by atoms with Crippen LogP contribution in [-0.2, 0) is 17.8 Å².